The predicted octanol–water partition coefficient (Wildman–Crippen LogP) is 5.72. The van der Waals surface area contributed by atoms with Gasteiger partial charge in [0.05, 0.1) is 6.61 Å². The van der Waals surface area contributed by atoms with Gasteiger partial charge in [0.1, 0.15) is 16.5 Å². The van der Waals surface area contributed by atoms with E-state index in [4.69, 9.17) is 9.26 Å². The molecule has 0 saturated heterocycles. The molecule has 0 atom stereocenters. The summed E-state index contributed by atoms with van der Waals surface area (Å²) in [5.74, 6) is -0.280. The molecule has 0 saturated carbocycles. The first-order valence-electron chi connectivity index (χ1n) is 11.0. The quantitative estimate of drug-likeness (QED) is 0.319. The lowest BCUT2D eigenvalue weighted by Crippen LogP contribution is -2.08. The molecule has 1 heterocycles. The number of aromatic nitrogens is 2. The minimum absolute atomic E-state index is 0.185. The lowest BCUT2D eigenvalue weighted by atomic mass is 10.1. The Labute approximate surface area is 203 Å². The average Bonchev–Trinajstić information content (AvgIpc) is 3.35. The van der Waals surface area contributed by atoms with Crippen molar-refractivity contribution in [1.29, 1.82) is 0 Å². The van der Waals surface area contributed by atoms with Crippen LogP contribution in [0, 0.1) is 5.82 Å². The molecule has 0 fully saturated rings. The van der Waals surface area contributed by atoms with Crippen molar-refractivity contribution in [2.24, 2.45) is 0 Å². The van der Waals surface area contributed by atoms with Gasteiger partial charge < -0.3 is 14.6 Å². The number of hydrogen-bond acceptors (Lipinski definition) is 7. The number of nitrogens with one attached hydrogen (secondary N) is 1. The van der Waals surface area contributed by atoms with Gasteiger partial charge in [-0.05, 0) is 67.4 Å². The molecular weight excluding hydrogens is 469 g/mol. The van der Waals surface area contributed by atoms with Crippen LogP contribution in [0.15, 0.2) is 88.4 Å². The van der Waals surface area contributed by atoms with Crippen LogP contribution in [0.1, 0.15) is 25.3 Å². The highest BCUT2D eigenvalue weighted by atomic mass is 32.2. The van der Waals surface area contributed by atoms with Crippen LogP contribution < -0.4 is 10.1 Å². The minimum Gasteiger partial charge on any atom is -0.494 e. The average molecular weight is 494 g/mol. The Morgan fingerprint density at radius 1 is 1.03 bits per heavy atom. The topological polar surface area (TPSA) is 94.3 Å². The summed E-state index contributed by atoms with van der Waals surface area (Å²) in [5.41, 5.74) is 2.39. The van der Waals surface area contributed by atoms with Gasteiger partial charge in [-0.2, -0.15) is 4.98 Å². The Morgan fingerprint density at radius 3 is 2.40 bits per heavy atom. The second-order valence-corrected chi connectivity index (χ2v) is 9.40. The number of hydrogen-bond donors (Lipinski definition) is 1. The summed E-state index contributed by atoms with van der Waals surface area (Å²) in [5, 5.41) is 6.89. The maximum Gasteiger partial charge on any atom is 0.271 e. The number of nitrogens with zero attached hydrogens (tertiary/aromatic N) is 2. The van der Waals surface area contributed by atoms with Crippen LogP contribution in [0.2, 0.25) is 0 Å². The SMILES string of the molecule is CCOc1ccc(-c2noc(/C(=C\Nc3ccc(CC)cc3)S(=O)(=O)c3ccccc3F)n2)cc1. The van der Waals surface area contributed by atoms with E-state index in [0.29, 0.717) is 23.6 Å². The highest BCUT2D eigenvalue weighted by Gasteiger charge is 2.30. The van der Waals surface area contributed by atoms with Gasteiger partial charge in [-0.15, -0.1) is 0 Å². The molecule has 0 aliphatic carbocycles. The zero-order valence-electron chi connectivity index (χ0n) is 19.2. The molecule has 9 heteroatoms. The van der Waals surface area contributed by atoms with Gasteiger partial charge in [-0.25, -0.2) is 12.8 Å². The minimum atomic E-state index is -4.34. The van der Waals surface area contributed by atoms with E-state index < -0.39 is 20.5 Å². The molecular formula is C26H24FN3O4S. The Morgan fingerprint density at radius 2 is 1.74 bits per heavy atom. The zero-order chi connectivity index (χ0) is 24.8. The first-order valence-corrected chi connectivity index (χ1v) is 12.5. The van der Waals surface area contributed by atoms with Crippen LogP contribution in [-0.4, -0.2) is 25.2 Å². The van der Waals surface area contributed by atoms with Crippen LogP contribution >= 0.6 is 0 Å². The molecule has 4 aromatic rings. The van der Waals surface area contributed by atoms with Crippen molar-refractivity contribution >= 4 is 20.4 Å². The van der Waals surface area contributed by atoms with E-state index in [1.165, 1.54) is 24.4 Å². The molecule has 0 unspecified atom stereocenters. The highest BCUT2D eigenvalue weighted by Crippen LogP contribution is 2.30. The third-order valence-corrected chi connectivity index (χ3v) is 6.99. The molecule has 0 aliphatic heterocycles. The van der Waals surface area contributed by atoms with E-state index in [0.717, 1.165) is 18.1 Å². The number of halogens is 1. The Kier molecular flexibility index (Phi) is 7.26. The van der Waals surface area contributed by atoms with Crippen molar-refractivity contribution in [1.82, 2.24) is 10.1 Å². The summed E-state index contributed by atoms with van der Waals surface area (Å²) >= 11 is 0. The van der Waals surface area contributed by atoms with E-state index >= 15 is 0 Å². The number of sulfone groups is 1. The van der Waals surface area contributed by atoms with Crippen LogP contribution in [0.25, 0.3) is 16.3 Å². The van der Waals surface area contributed by atoms with Gasteiger partial charge in [0, 0.05) is 17.5 Å². The van der Waals surface area contributed by atoms with Crippen LogP contribution in [0.3, 0.4) is 0 Å². The van der Waals surface area contributed by atoms with Gasteiger partial charge in [-0.1, -0.05) is 36.3 Å². The first-order chi connectivity index (χ1) is 16.9. The van der Waals surface area contributed by atoms with E-state index in [1.54, 1.807) is 24.3 Å². The van der Waals surface area contributed by atoms with Gasteiger partial charge in [-0.3, -0.25) is 0 Å². The fourth-order valence-electron chi connectivity index (χ4n) is 3.33. The van der Waals surface area contributed by atoms with Crippen molar-refractivity contribution in [2.75, 3.05) is 11.9 Å². The highest BCUT2D eigenvalue weighted by molar-refractivity contribution is 8.00. The summed E-state index contributed by atoms with van der Waals surface area (Å²) in [6.45, 7) is 4.45. The van der Waals surface area contributed by atoms with Crippen LogP contribution in [0.5, 0.6) is 5.75 Å². The van der Waals surface area contributed by atoms with Crippen molar-refractivity contribution in [3.05, 3.63) is 96.3 Å². The number of ether oxygens (including phenoxy) is 1. The predicted molar refractivity (Wildman–Crippen MR) is 132 cm³/mol. The zero-order valence-corrected chi connectivity index (χ0v) is 20.0. The summed E-state index contributed by atoms with van der Waals surface area (Å²) in [6, 6.07) is 19.6. The third kappa shape index (κ3) is 5.41. The molecule has 7 nitrogen and oxygen atoms in total. The van der Waals surface area contributed by atoms with E-state index in [9.17, 15) is 12.8 Å². The smallest absolute Gasteiger partial charge is 0.271 e. The maximum atomic E-state index is 14.5. The normalized spacial score (nSPS) is 11.9. The second-order valence-electron chi connectivity index (χ2n) is 7.52. The van der Waals surface area contributed by atoms with Crippen LogP contribution in [-0.2, 0) is 16.3 Å². The van der Waals surface area contributed by atoms with E-state index in [-0.39, 0.29) is 16.6 Å². The van der Waals surface area contributed by atoms with Crippen molar-refractivity contribution in [3.8, 4) is 17.1 Å². The first kappa shape index (κ1) is 24.2. The van der Waals surface area contributed by atoms with E-state index in [1.807, 2.05) is 38.1 Å². The van der Waals surface area contributed by atoms with Crippen molar-refractivity contribution in [2.45, 2.75) is 25.2 Å². The fourth-order valence-corrected chi connectivity index (χ4v) is 4.67. The van der Waals surface area contributed by atoms with Gasteiger partial charge >= 0.3 is 0 Å². The summed E-state index contributed by atoms with van der Waals surface area (Å²) in [6.07, 6.45) is 2.11. The lowest BCUT2D eigenvalue weighted by Gasteiger charge is -2.08. The van der Waals surface area contributed by atoms with E-state index in [2.05, 4.69) is 15.5 Å². The molecule has 0 radical (unpaired) electrons. The number of aryl methyl sites for hydroxylation is 1. The molecule has 3 aromatic carbocycles. The van der Waals surface area contributed by atoms with Crippen molar-refractivity contribution in [3.63, 3.8) is 0 Å². The fraction of sp³-hybridized carbons (Fsp3) is 0.154. The molecule has 1 N–H and O–H groups in total. The van der Waals surface area contributed by atoms with Gasteiger partial charge in [0.2, 0.25) is 15.7 Å². The number of benzene rings is 3. The number of rotatable bonds is 9. The summed E-state index contributed by atoms with van der Waals surface area (Å²) < 4.78 is 52.1. The Bertz CT molecular complexity index is 1430. The molecule has 180 valence electrons. The lowest BCUT2D eigenvalue weighted by molar-refractivity contribution is 0.340. The molecule has 0 amide bonds. The molecule has 0 aliphatic rings. The third-order valence-electron chi connectivity index (χ3n) is 5.21. The molecule has 0 spiro atoms. The maximum absolute atomic E-state index is 14.5. The summed E-state index contributed by atoms with van der Waals surface area (Å²) in [4.78, 5) is 3.44. The molecule has 35 heavy (non-hydrogen) atoms. The Hall–Kier alpha value is -3.98. The standard InChI is InChI=1S/C26H24FN3O4S/c1-3-18-9-13-20(14-10-18)28-17-24(35(31,32)23-8-6-5-7-22(23)27)26-29-25(30-34-26)19-11-15-21(16-12-19)33-4-2/h5-17,28H,3-4H2,1-2H3/b24-17+. The monoisotopic (exact) mass is 493 g/mol. The summed E-state index contributed by atoms with van der Waals surface area (Å²) in [7, 11) is -4.34. The number of anilines is 1. The Balaban J connectivity index is 1.73. The molecule has 4 rings (SSSR count). The largest absolute Gasteiger partial charge is 0.494 e. The van der Waals surface area contributed by atoms with Gasteiger partial charge in [0.15, 0.2) is 4.91 Å². The molecule has 0 bridgehead atoms. The van der Waals surface area contributed by atoms with Crippen LogP contribution in [0.4, 0.5) is 10.1 Å². The van der Waals surface area contributed by atoms with Gasteiger partial charge in [0.25, 0.3) is 5.89 Å². The second kappa shape index (κ2) is 10.5. The molecule has 1 aromatic heterocycles. The van der Waals surface area contributed by atoms with Crippen molar-refractivity contribution < 1.29 is 22.1 Å².